The van der Waals surface area contributed by atoms with Gasteiger partial charge in [-0.2, -0.15) is 0 Å². The minimum absolute atomic E-state index is 0.169. The van der Waals surface area contributed by atoms with Gasteiger partial charge in [-0.25, -0.2) is 0 Å². The summed E-state index contributed by atoms with van der Waals surface area (Å²) in [5.41, 5.74) is 0.656. The molecule has 0 spiro atoms. The maximum absolute atomic E-state index is 12.8. The van der Waals surface area contributed by atoms with Crippen LogP contribution in [0.3, 0.4) is 0 Å². The van der Waals surface area contributed by atoms with E-state index in [1.54, 1.807) is 28.0 Å². The molecule has 0 atom stereocenters. The lowest BCUT2D eigenvalue weighted by Gasteiger charge is -2.34. The van der Waals surface area contributed by atoms with E-state index >= 15 is 0 Å². The van der Waals surface area contributed by atoms with Crippen molar-refractivity contribution in [3.63, 3.8) is 0 Å². The van der Waals surface area contributed by atoms with Crippen molar-refractivity contribution in [3.05, 3.63) is 53.7 Å². The van der Waals surface area contributed by atoms with Crippen LogP contribution < -0.4 is 5.32 Å². The Kier molecular flexibility index (Phi) is 6.99. The third kappa shape index (κ3) is 5.22. The number of hydrogen-bond acceptors (Lipinski definition) is 5. The number of pyridine rings is 1. The SMILES string of the molecule is CCCCCNC(=O)c1cc(C(=O)N2CCN(C(=O)c3ccco3)CC2)ccn1. The Hall–Kier alpha value is -3.16. The van der Waals surface area contributed by atoms with Gasteiger partial charge in [-0.15, -0.1) is 0 Å². The van der Waals surface area contributed by atoms with Crippen molar-refractivity contribution in [2.45, 2.75) is 26.2 Å². The number of carbonyl (C=O) groups excluding carboxylic acids is 3. The molecule has 3 heterocycles. The van der Waals surface area contributed by atoms with Crippen LogP contribution in [-0.2, 0) is 0 Å². The Labute approximate surface area is 169 Å². The van der Waals surface area contributed by atoms with Crippen LogP contribution in [0.4, 0.5) is 0 Å². The number of nitrogens with zero attached hydrogens (tertiary/aromatic N) is 3. The number of aromatic nitrogens is 1. The lowest BCUT2D eigenvalue weighted by molar-refractivity contribution is 0.0518. The first-order valence-corrected chi connectivity index (χ1v) is 9.96. The zero-order chi connectivity index (χ0) is 20.6. The van der Waals surface area contributed by atoms with Gasteiger partial charge in [0.2, 0.25) is 0 Å². The summed E-state index contributed by atoms with van der Waals surface area (Å²) in [6, 6.07) is 6.44. The van der Waals surface area contributed by atoms with E-state index in [-0.39, 0.29) is 23.4 Å². The molecule has 2 aromatic rings. The second kappa shape index (κ2) is 9.86. The lowest BCUT2D eigenvalue weighted by atomic mass is 10.1. The summed E-state index contributed by atoms with van der Waals surface area (Å²) in [5, 5.41) is 2.83. The van der Waals surface area contributed by atoms with E-state index in [0.717, 1.165) is 19.3 Å². The topological polar surface area (TPSA) is 95.8 Å². The van der Waals surface area contributed by atoms with Gasteiger partial charge in [-0.1, -0.05) is 19.8 Å². The third-order valence-electron chi connectivity index (χ3n) is 4.89. The monoisotopic (exact) mass is 398 g/mol. The van der Waals surface area contributed by atoms with Crippen molar-refractivity contribution in [1.29, 1.82) is 0 Å². The van der Waals surface area contributed by atoms with Gasteiger partial charge in [0, 0.05) is 44.5 Å². The van der Waals surface area contributed by atoms with E-state index in [1.165, 1.54) is 18.5 Å². The lowest BCUT2D eigenvalue weighted by Crippen LogP contribution is -2.50. The molecule has 0 aliphatic carbocycles. The zero-order valence-corrected chi connectivity index (χ0v) is 16.6. The van der Waals surface area contributed by atoms with Gasteiger partial charge in [0.25, 0.3) is 17.7 Å². The van der Waals surface area contributed by atoms with Gasteiger partial charge in [-0.05, 0) is 30.7 Å². The number of furan rings is 1. The number of nitrogens with one attached hydrogen (secondary N) is 1. The Bertz CT molecular complexity index is 842. The molecule has 8 nitrogen and oxygen atoms in total. The molecule has 0 unspecified atom stereocenters. The van der Waals surface area contributed by atoms with Crippen molar-refractivity contribution < 1.29 is 18.8 Å². The summed E-state index contributed by atoms with van der Waals surface area (Å²) in [6.45, 7) is 4.41. The number of unbranched alkanes of at least 4 members (excludes halogenated alkanes) is 2. The Balaban J connectivity index is 1.55. The summed E-state index contributed by atoms with van der Waals surface area (Å²) in [5.74, 6) is -0.316. The molecule has 2 aromatic heterocycles. The molecule has 3 amide bonds. The largest absolute Gasteiger partial charge is 0.459 e. The molecule has 1 fully saturated rings. The highest BCUT2D eigenvalue weighted by Gasteiger charge is 2.27. The molecule has 0 aromatic carbocycles. The van der Waals surface area contributed by atoms with E-state index < -0.39 is 0 Å². The van der Waals surface area contributed by atoms with E-state index in [2.05, 4.69) is 17.2 Å². The van der Waals surface area contributed by atoms with Crippen molar-refractivity contribution in [1.82, 2.24) is 20.1 Å². The van der Waals surface area contributed by atoms with Gasteiger partial charge in [0.05, 0.1) is 6.26 Å². The van der Waals surface area contributed by atoms with E-state index in [4.69, 9.17) is 4.42 Å². The van der Waals surface area contributed by atoms with Crippen LogP contribution in [0.5, 0.6) is 0 Å². The highest BCUT2D eigenvalue weighted by atomic mass is 16.3. The van der Waals surface area contributed by atoms with Crippen molar-refractivity contribution in [3.8, 4) is 0 Å². The molecule has 3 rings (SSSR count). The Morgan fingerprint density at radius 3 is 2.45 bits per heavy atom. The van der Waals surface area contributed by atoms with Crippen molar-refractivity contribution in [2.24, 2.45) is 0 Å². The molecule has 8 heteroatoms. The summed E-state index contributed by atoms with van der Waals surface area (Å²) in [7, 11) is 0. The van der Waals surface area contributed by atoms with Gasteiger partial charge >= 0.3 is 0 Å². The third-order valence-corrected chi connectivity index (χ3v) is 4.89. The van der Waals surface area contributed by atoms with Crippen LogP contribution in [0.15, 0.2) is 41.1 Å². The standard InChI is InChI=1S/C21H26N4O4/c1-2-3-4-8-23-19(26)17-15-16(7-9-22-17)20(27)24-10-12-25(13-11-24)21(28)18-6-5-14-29-18/h5-7,9,14-15H,2-4,8,10-13H2,1H3,(H,23,26). The minimum Gasteiger partial charge on any atom is -0.459 e. The fourth-order valence-electron chi connectivity index (χ4n) is 3.21. The molecule has 1 aliphatic rings. The predicted molar refractivity (Wildman–Crippen MR) is 107 cm³/mol. The normalized spacial score (nSPS) is 14.0. The van der Waals surface area contributed by atoms with E-state index in [9.17, 15) is 14.4 Å². The maximum Gasteiger partial charge on any atom is 0.289 e. The molecular weight excluding hydrogens is 372 g/mol. The van der Waals surface area contributed by atoms with Gasteiger partial charge in [0.15, 0.2) is 5.76 Å². The molecule has 1 N–H and O–H groups in total. The van der Waals surface area contributed by atoms with Crippen LogP contribution >= 0.6 is 0 Å². The van der Waals surface area contributed by atoms with E-state index in [0.29, 0.717) is 44.0 Å². The quantitative estimate of drug-likeness (QED) is 0.722. The Morgan fingerprint density at radius 1 is 1.07 bits per heavy atom. The van der Waals surface area contributed by atoms with Crippen LogP contribution in [0, 0.1) is 0 Å². The predicted octanol–water partition coefficient (Wildman–Crippen LogP) is 2.19. The molecule has 1 aliphatic heterocycles. The average molecular weight is 398 g/mol. The average Bonchev–Trinajstić information content (AvgIpc) is 3.31. The first-order valence-electron chi connectivity index (χ1n) is 9.96. The van der Waals surface area contributed by atoms with Gasteiger partial charge in [-0.3, -0.25) is 19.4 Å². The number of rotatable bonds is 7. The van der Waals surface area contributed by atoms with Gasteiger partial charge in [0.1, 0.15) is 5.69 Å². The van der Waals surface area contributed by atoms with Crippen LogP contribution in [0.25, 0.3) is 0 Å². The van der Waals surface area contributed by atoms with E-state index in [1.807, 2.05) is 0 Å². The number of piperazine rings is 1. The fourth-order valence-corrected chi connectivity index (χ4v) is 3.21. The highest BCUT2D eigenvalue weighted by Crippen LogP contribution is 2.13. The van der Waals surface area contributed by atoms with Crippen molar-refractivity contribution in [2.75, 3.05) is 32.7 Å². The Morgan fingerprint density at radius 2 is 1.79 bits per heavy atom. The summed E-state index contributed by atoms with van der Waals surface area (Å²) in [4.78, 5) is 44.8. The molecular formula is C21H26N4O4. The van der Waals surface area contributed by atoms with Crippen molar-refractivity contribution >= 4 is 17.7 Å². The zero-order valence-electron chi connectivity index (χ0n) is 16.6. The second-order valence-corrected chi connectivity index (χ2v) is 6.95. The first-order chi connectivity index (χ1) is 14.1. The first kappa shape index (κ1) is 20.6. The number of hydrogen-bond donors (Lipinski definition) is 1. The summed E-state index contributed by atoms with van der Waals surface area (Å²) >= 11 is 0. The smallest absolute Gasteiger partial charge is 0.289 e. The number of amides is 3. The minimum atomic E-state index is -0.274. The molecule has 29 heavy (non-hydrogen) atoms. The van der Waals surface area contributed by atoms with Crippen LogP contribution in [0.1, 0.15) is 57.6 Å². The summed E-state index contributed by atoms with van der Waals surface area (Å²) < 4.78 is 5.15. The number of carbonyl (C=O) groups is 3. The molecule has 1 saturated heterocycles. The second-order valence-electron chi connectivity index (χ2n) is 6.95. The van der Waals surface area contributed by atoms with Crippen LogP contribution in [0.2, 0.25) is 0 Å². The van der Waals surface area contributed by atoms with Crippen LogP contribution in [-0.4, -0.2) is 65.2 Å². The molecule has 0 radical (unpaired) electrons. The highest BCUT2D eigenvalue weighted by molar-refractivity contribution is 5.98. The fraction of sp³-hybridized carbons (Fsp3) is 0.429. The molecule has 0 saturated carbocycles. The summed E-state index contributed by atoms with van der Waals surface area (Å²) in [6.07, 6.45) is 6.00. The van der Waals surface area contributed by atoms with Gasteiger partial charge < -0.3 is 19.5 Å². The maximum atomic E-state index is 12.8. The molecule has 0 bridgehead atoms. The molecule has 154 valence electrons.